The van der Waals surface area contributed by atoms with E-state index in [-0.39, 0.29) is 18.9 Å². The van der Waals surface area contributed by atoms with Gasteiger partial charge in [0.15, 0.2) is 0 Å². The van der Waals surface area contributed by atoms with Crippen LogP contribution in [0.2, 0.25) is 20.1 Å². The van der Waals surface area contributed by atoms with Gasteiger partial charge in [0.1, 0.15) is 6.10 Å². The summed E-state index contributed by atoms with van der Waals surface area (Å²) >= 11 is 24.7. The highest BCUT2D eigenvalue weighted by molar-refractivity contribution is 6.35. The van der Waals surface area contributed by atoms with Gasteiger partial charge < -0.3 is 15.4 Å². The number of nitrogens with one attached hydrogen (secondary N) is 2. The average molecular weight is 522 g/mol. The first-order chi connectivity index (χ1) is 15.8. The number of para-hydroxylation sites is 1. The maximum atomic E-state index is 12.7. The van der Waals surface area contributed by atoms with Crippen LogP contribution < -0.4 is 5.32 Å². The molecule has 33 heavy (non-hydrogen) atoms. The molecule has 0 saturated carbocycles. The predicted molar refractivity (Wildman–Crippen MR) is 136 cm³/mol. The van der Waals surface area contributed by atoms with Gasteiger partial charge in [0.2, 0.25) is 5.91 Å². The van der Waals surface area contributed by atoms with Gasteiger partial charge in [-0.3, -0.25) is 4.79 Å². The van der Waals surface area contributed by atoms with Gasteiger partial charge in [-0.1, -0.05) is 70.7 Å². The third-order valence-corrected chi connectivity index (χ3v) is 6.47. The molecule has 0 bridgehead atoms. The van der Waals surface area contributed by atoms with Crippen molar-refractivity contribution in [1.29, 1.82) is 0 Å². The van der Waals surface area contributed by atoms with E-state index >= 15 is 0 Å². The molecule has 0 fully saturated rings. The fourth-order valence-corrected chi connectivity index (χ4v) is 5.03. The minimum absolute atomic E-state index is 0.0889. The van der Waals surface area contributed by atoms with Crippen molar-refractivity contribution in [2.75, 3.05) is 6.54 Å². The number of halogens is 4. The van der Waals surface area contributed by atoms with Crippen LogP contribution in [0.1, 0.15) is 22.6 Å². The van der Waals surface area contributed by atoms with Crippen molar-refractivity contribution in [3.63, 3.8) is 0 Å². The normalized spacial score (nSPS) is 13.1. The molecule has 1 amide bonds. The number of benzene rings is 3. The molecule has 4 aromatic rings. The van der Waals surface area contributed by atoms with E-state index in [4.69, 9.17) is 46.4 Å². The third-order valence-electron chi connectivity index (χ3n) is 5.47. The Bertz CT molecular complexity index is 1280. The first-order valence-corrected chi connectivity index (χ1v) is 11.7. The second kappa shape index (κ2) is 10.4. The molecule has 0 radical (unpaired) electrons. The number of rotatable bonds is 7. The maximum absolute atomic E-state index is 12.7. The molecule has 3 N–H and O–H groups in total. The lowest BCUT2D eigenvalue weighted by atomic mass is 9.90. The minimum Gasteiger partial charge on any atom is -0.383 e. The standard InChI is InChI=1S/C25H20Cl4N2O2/c26-15-5-6-18(22(29)11-15)20(21-12-30-23-4-2-1-3-19(21)23)13-31-25(33)24(32)9-14-7-16(27)10-17(28)8-14/h1-8,10-12,20,24,30,32H,9,13H2,(H,31,33). The number of aromatic nitrogens is 1. The number of aliphatic hydroxyl groups is 1. The molecule has 1 aromatic heterocycles. The highest BCUT2D eigenvalue weighted by Gasteiger charge is 2.23. The van der Waals surface area contributed by atoms with Gasteiger partial charge in [-0.25, -0.2) is 0 Å². The lowest BCUT2D eigenvalue weighted by Gasteiger charge is -2.21. The van der Waals surface area contributed by atoms with Crippen molar-refractivity contribution in [3.8, 4) is 0 Å². The Balaban J connectivity index is 1.57. The molecule has 2 atom stereocenters. The maximum Gasteiger partial charge on any atom is 0.249 e. The Kier molecular flexibility index (Phi) is 7.52. The third kappa shape index (κ3) is 5.65. The highest BCUT2D eigenvalue weighted by atomic mass is 35.5. The summed E-state index contributed by atoms with van der Waals surface area (Å²) < 4.78 is 0. The topological polar surface area (TPSA) is 65.1 Å². The van der Waals surface area contributed by atoms with E-state index in [1.807, 2.05) is 36.5 Å². The molecule has 1 heterocycles. The number of fused-ring (bicyclic) bond motifs is 1. The average Bonchev–Trinajstić information content (AvgIpc) is 3.18. The lowest BCUT2D eigenvalue weighted by Crippen LogP contribution is -2.38. The van der Waals surface area contributed by atoms with Crippen molar-refractivity contribution in [2.45, 2.75) is 18.4 Å². The van der Waals surface area contributed by atoms with E-state index in [9.17, 15) is 9.90 Å². The smallest absolute Gasteiger partial charge is 0.249 e. The summed E-state index contributed by atoms with van der Waals surface area (Å²) in [5.41, 5.74) is 3.45. The molecule has 0 aliphatic rings. The van der Waals surface area contributed by atoms with Gasteiger partial charge in [-0.2, -0.15) is 0 Å². The number of carbonyl (C=O) groups is 1. The fourth-order valence-electron chi connectivity index (χ4n) is 3.92. The van der Waals surface area contributed by atoms with Crippen LogP contribution in [0.4, 0.5) is 0 Å². The molecule has 0 saturated heterocycles. The van der Waals surface area contributed by atoms with Gasteiger partial charge in [0.05, 0.1) is 0 Å². The zero-order valence-corrected chi connectivity index (χ0v) is 20.3. The van der Waals surface area contributed by atoms with E-state index < -0.39 is 12.0 Å². The summed E-state index contributed by atoms with van der Waals surface area (Å²) in [4.78, 5) is 16.0. The second-order valence-electron chi connectivity index (χ2n) is 7.75. The van der Waals surface area contributed by atoms with Crippen LogP contribution in [0, 0.1) is 0 Å². The van der Waals surface area contributed by atoms with Crippen LogP contribution in [-0.2, 0) is 11.2 Å². The van der Waals surface area contributed by atoms with Crippen molar-refractivity contribution < 1.29 is 9.90 Å². The summed E-state index contributed by atoms with van der Waals surface area (Å²) in [5.74, 6) is -0.760. The highest BCUT2D eigenvalue weighted by Crippen LogP contribution is 2.35. The van der Waals surface area contributed by atoms with Gasteiger partial charge in [0.25, 0.3) is 0 Å². The van der Waals surface area contributed by atoms with Gasteiger partial charge >= 0.3 is 0 Å². The van der Waals surface area contributed by atoms with Crippen LogP contribution in [0.5, 0.6) is 0 Å². The van der Waals surface area contributed by atoms with Crippen molar-refractivity contribution in [1.82, 2.24) is 10.3 Å². The Labute approximate surface area is 211 Å². The zero-order valence-electron chi connectivity index (χ0n) is 17.3. The fraction of sp³-hybridized carbons (Fsp3) is 0.160. The van der Waals surface area contributed by atoms with Crippen LogP contribution >= 0.6 is 46.4 Å². The quantitative estimate of drug-likeness (QED) is 0.255. The van der Waals surface area contributed by atoms with Crippen molar-refractivity contribution in [2.24, 2.45) is 0 Å². The molecule has 0 aliphatic heterocycles. The Morgan fingerprint density at radius 1 is 0.909 bits per heavy atom. The number of hydrogen-bond acceptors (Lipinski definition) is 2. The second-order valence-corrected chi connectivity index (χ2v) is 9.47. The molecule has 3 aromatic carbocycles. The van der Waals surface area contributed by atoms with E-state index in [1.54, 1.807) is 30.3 Å². The molecule has 8 heteroatoms. The van der Waals surface area contributed by atoms with E-state index in [1.165, 1.54) is 0 Å². The van der Waals surface area contributed by atoms with Crippen LogP contribution in [0.3, 0.4) is 0 Å². The van der Waals surface area contributed by atoms with Gasteiger partial charge in [-0.15, -0.1) is 0 Å². The van der Waals surface area contributed by atoms with E-state index in [2.05, 4.69) is 10.3 Å². The van der Waals surface area contributed by atoms with E-state index in [0.29, 0.717) is 25.7 Å². The van der Waals surface area contributed by atoms with E-state index in [0.717, 1.165) is 22.0 Å². The molecular formula is C25H20Cl4N2O2. The number of aliphatic hydroxyl groups excluding tert-OH is 1. The monoisotopic (exact) mass is 520 g/mol. The number of aromatic amines is 1. The minimum atomic E-state index is -1.26. The Morgan fingerprint density at radius 2 is 1.64 bits per heavy atom. The predicted octanol–water partition coefficient (Wildman–Crippen LogP) is 6.63. The molecule has 2 unspecified atom stereocenters. The SMILES string of the molecule is O=C(NCC(c1ccc(Cl)cc1Cl)c1c[nH]c2ccccc12)C(O)Cc1cc(Cl)cc(Cl)c1. The summed E-state index contributed by atoms with van der Waals surface area (Å²) in [6.07, 6.45) is 0.742. The van der Waals surface area contributed by atoms with Crippen LogP contribution in [0.15, 0.2) is 66.9 Å². The molecule has 170 valence electrons. The first-order valence-electron chi connectivity index (χ1n) is 10.2. The number of H-pyrrole nitrogens is 1. The number of carbonyl (C=O) groups excluding carboxylic acids is 1. The zero-order chi connectivity index (χ0) is 23.5. The molecule has 0 spiro atoms. The molecule has 0 aliphatic carbocycles. The molecular weight excluding hydrogens is 502 g/mol. The Morgan fingerprint density at radius 3 is 2.36 bits per heavy atom. The largest absolute Gasteiger partial charge is 0.383 e. The first kappa shape index (κ1) is 23.9. The lowest BCUT2D eigenvalue weighted by molar-refractivity contribution is -0.129. The number of hydrogen-bond donors (Lipinski definition) is 3. The van der Waals surface area contributed by atoms with Crippen molar-refractivity contribution >= 4 is 63.2 Å². The summed E-state index contributed by atoms with van der Waals surface area (Å²) in [6.45, 7) is 0.232. The summed E-state index contributed by atoms with van der Waals surface area (Å²) in [6, 6.07) is 18.2. The van der Waals surface area contributed by atoms with Gasteiger partial charge in [0, 0.05) is 56.1 Å². The number of amides is 1. The van der Waals surface area contributed by atoms with Gasteiger partial charge in [-0.05, 0) is 53.1 Å². The van der Waals surface area contributed by atoms with Crippen LogP contribution in [-0.4, -0.2) is 28.6 Å². The summed E-state index contributed by atoms with van der Waals surface area (Å²) in [5, 5.41) is 16.3. The van der Waals surface area contributed by atoms with Crippen LogP contribution in [0.25, 0.3) is 10.9 Å². The Hall–Kier alpha value is -2.21. The molecule has 4 nitrogen and oxygen atoms in total. The van der Waals surface area contributed by atoms with Crippen molar-refractivity contribution in [3.05, 3.63) is 104 Å². The molecule has 4 rings (SSSR count). The summed E-state index contributed by atoms with van der Waals surface area (Å²) in [7, 11) is 0.